The first kappa shape index (κ1) is 12.9. The zero-order valence-corrected chi connectivity index (χ0v) is 10.3. The summed E-state index contributed by atoms with van der Waals surface area (Å²) in [5.74, 6) is 0.158. The lowest BCUT2D eigenvalue weighted by Gasteiger charge is -2.19. The normalized spacial score (nSPS) is 17.7. The van der Waals surface area contributed by atoms with Crippen molar-refractivity contribution in [1.29, 1.82) is 0 Å². The zero-order valence-electron chi connectivity index (χ0n) is 10.3. The van der Waals surface area contributed by atoms with Crippen LogP contribution < -0.4 is 10.5 Å². The minimum Gasteiger partial charge on any atom is -0.488 e. The van der Waals surface area contributed by atoms with Gasteiger partial charge in [-0.25, -0.2) is 0 Å². The van der Waals surface area contributed by atoms with Crippen LogP contribution >= 0.6 is 0 Å². The molecular weight excluding hydrogens is 269 g/mol. The molecule has 2 aromatic rings. The molecule has 1 atom stereocenters. The fourth-order valence-corrected chi connectivity index (χ4v) is 2.38. The molecule has 3 nitrogen and oxygen atoms in total. The summed E-state index contributed by atoms with van der Waals surface area (Å²) in [5, 5.41) is 0. The van der Waals surface area contributed by atoms with Gasteiger partial charge in [0.25, 0.3) is 0 Å². The van der Waals surface area contributed by atoms with E-state index in [9.17, 15) is 13.2 Å². The number of hydrogen-bond donors (Lipinski definition) is 1. The number of nitrogens with two attached hydrogens (primary N) is 1. The summed E-state index contributed by atoms with van der Waals surface area (Å²) in [4.78, 5) is 4.11. The summed E-state index contributed by atoms with van der Waals surface area (Å²) < 4.78 is 44.8. The van der Waals surface area contributed by atoms with E-state index in [0.29, 0.717) is 11.3 Å². The van der Waals surface area contributed by atoms with Gasteiger partial charge in [0, 0.05) is 17.3 Å². The van der Waals surface area contributed by atoms with Gasteiger partial charge in [-0.15, -0.1) is 0 Å². The minimum atomic E-state index is -4.48. The van der Waals surface area contributed by atoms with Gasteiger partial charge in [-0.05, 0) is 18.2 Å². The van der Waals surface area contributed by atoms with Crippen molar-refractivity contribution < 1.29 is 17.9 Å². The molecule has 1 aliphatic heterocycles. The summed E-state index contributed by atoms with van der Waals surface area (Å²) in [6.45, 7) is 0.158. The number of alkyl halides is 3. The first-order valence-corrected chi connectivity index (χ1v) is 6.01. The monoisotopic (exact) mass is 280 g/mol. The van der Waals surface area contributed by atoms with E-state index in [1.165, 1.54) is 18.3 Å². The van der Waals surface area contributed by atoms with Crippen LogP contribution in [-0.4, -0.2) is 4.98 Å². The Morgan fingerprint density at radius 1 is 1.20 bits per heavy atom. The molecule has 0 amide bonds. The van der Waals surface area contributed by atoms with Gasteiger partial charge in [-0.1, -0.05) is 12.1 Å². The molecule has 2 N–H and O–H groups in total. The van der Waals surface area contributed by atoms with Crippen LogP contribution in [0.25, 0.3) is 0 Å². The van der Waals surface area contributed by atoms with Crippen LogP contribution in [0.1, 0.15) is 28.4 Å². The Labute approximate surface area is 113 Å². The van der Waals surface area contributed by atoms with E-state index < -0.39 is 17.8 Å². The van der Waals surface area contributed by atoms with Crippen LogP contribution in [0.15, 0.2) is 36.5 Å². The summed E-state index contributed by atoms with van der Waals surface area (Å²) in [7, 11) is 0. The molecule has 0 spiro atoms. The van der Waals surface area contributed by atoms with Crippen molar-refractivity contribution in [2.24, 2.45) is 5.73 Å². The Hall–Kier alpha value is -2.08. The third-order valence-electron chi connectivity index (χ3n) is 3.29. The van der Waals surface area contributed by atoms with Gasteiger partial charge in [0.2, 0.25) is 0 Å². The van der Waals surface area contributed by atoms with Crippen molar-refractivity contribution in [3.63, 3.8) is 0 Å². The summed E-state index contributed by atoms with van der Waals surface area (Å²) >= 11 is 0. The van der Waals surface area contributed by atoms with Gasteiger partial charge in [-0.2, -0.15) is 13.2 Å². The summed E-state index contributed by atoms with van der Waals surface area (Å²) in [5.41, 5.74) is 6.30. The highest BCUT2D eigenvalue weighted by molar-refractivity contribution is 5.49. The van der Waals surface area contributed by atoms with Gasteiger partial charge < -0.3 is 10.5 Å². The van der Waals surface area contributed by atoms with E-state index in [0.717, 1.165) is 6.07 Å². The lowest BCUT2D eigenvalue weighted by molar-refractivity contribution is -0.138. The van der Waals surface area contributed by atoms with Gasteiger partial charge >= 0.3 is 6.18 Å². The molecule has 2 heterocycles. The van der Waals surface area contributed by atoms with Crippen molar-refractivity contribution in [2.75, 3.05) is 0 Å². The van der Waals surface area contributed by atoms with E-state index >= 15 is 0 Å². The van der Waals surface area contributed by atoms with Crippen LogP contribution in [-0.2, 0) is 12.8 Å². The van der Waals surface area contributed by atoms with Crippen molar-refractivity contribution in [3.8, 4) is 5.75 Å². The van der Waals surface area contributed by atoms with Crippen molar-refractivity contribution in [2.45, 2.75) is 18.8 Å². The average Bonchev–Trinajstić information content (AvgIpc) is 2.56. The molecule has 0 saturated heterocycles. The Kier molecular flexibility index (Phi) is 2.90. The van der Waals surface area contributed by atoms with Gasteiger partial charge in [0.15, 0.2) is 0 Å². The third-order valence-corrected chi connectivity index (χ3v) is 3.29. The lowest BCUT2D eigenvalue weighted by Crippen LogP contribution is -2.19. The molecule has 1 aromatic carbocycles. The molecular formula is C14H11F3N2O. The molecule has 0 radical (unpaired) electrons. The predicted molar refractivity (Wildman–Crippen MR) is 66.0 cm³/mol. The van der Waals surface area contributed by atoms with Gasteiger partial charge in [-0.3, -0.25) is 4.98 Å². The molecule has 104 valence electrons. The molecule has 0 fully saturated rings. The number of pyridine rings is 1. The largest absolute Gasteiger partial charge is 0.488 e. The number of rotatable bonds is 0. The maximum Gasteiger partial charge on any atom is 0.416 e. The van der Waals surface area contributed by atoms with E-state index in [4.69, 9.17) is 10.5 Å². The van der Waals surface area contributed by atoms with Gasteiger partial charge in [0.1, 0.15) is 12.4 Å². The van der Waals surface area contributed by atoms with Crippen molar-refractivity contribution >= 4 is 0 Å². The quantitative estimate of drug-likeness (QED) is 0.807. The average molecular weight is 280 g/mol. The van der Waals surface area contributed by atoms with Crippen molar-refractivity contribution in [3.05, 3.63) is 58.9 Å². The number of benzene rings is 1. The molecule has 6 heteroatoms. The fourth-order valence-electron chi connectivity index (χ4n) is 2.38. The van der Waals surface area contributed by atoms with E-state index in [1.54, 1.807) is 12.1 Å². The first-order valence-electron chi connectivity index (χ1n) is 6.01. The molecule has 20 heavy (non-hydrogen) atoms. The summed E-state index contributed by atoms with van der Waals surface area (Å²) in [6.07, 6.45) is -2.97. The maximum atomic E-state index is 13.1. The summed E-state index contributed by atoms with van der Waals surface area (Å²) in [6, 6.07) is 6.32. The topological polar surface area (TPSA) is 48.1 Å². The van der Waals surface area contributed by atoms with E-state index in [2.05, 4.69) is 4.98 Å². The van der Waals surface area contributed by atoms with Crippen LogP contribution in [0.2, 0.25) is 0 Å². The van der Waals surface area contributed by atoms with Crippen LogP contribution in [0, 0.1) is 0 Å². The second-order valence-corrected chi connectivity index (χ2v) is 4.53. The number of hydrogen-bond acceptors (Lipinski definition) is 3. The SMILES string of the molecule is NC1c2ncccc2COc2cccc(C(F)(F)F)c21. The standard InChI is InChI=1S/C14H11F3N2O/c15-14(16,17)9-4-1-5-10-11(9)12(18)13-8(7-20-10)3-2-6-19-13/h1-6,12H,7,18H2. The van der Waals surface area contributed by atoms with Crippen LogP contribution in [0.3, 0.4) is 0 Å². The van der Waals surface area contributed by atoms with E-state index in [-0.39, 0.29) is 17.9 Å². The third kappa shape index (κ3) is 2.02. The molecule has 3 rings (SSSR count). The lowest BCUT2D eigenvalue weighted by atomic mass is 9.95. The molecule has 1 unspecified atom stereocenters. The fraction of sp³-hybridized carbons (Fsp3) is 0.214. The zero-order chi connectivity index (χ0) is 14.3. The molecule has 0 bridgehead atoms. The smallest absolute Gasteiger partial charge is 0.416 e. The second kappa shape index (κ2) is 4.49. The molecule has 1 aromatic heterocycles. The Balaban J connectivity index is 2.23. The minimum absolute atomic E-state index is 0.0579. The Morgan fingerprint density at radius 3 is 2.75 bits per heavy atom. The highest BCUT2D eigenvalue weighted by Crippen LogP contribution is 2.42. The maximum absolute atomic E-state index is 13.1. The second-order valence-electron chi connectivity index (χ2n) is 4.53. The number of aromatic nitrogens is 1. The number of halogens is 3. The van der Waals surface area contributed by atoms with Crippen LogP contribution in [0.4, 0.5) is 13.2 Å². The van der Waals surface area contributed by atoms with Crippen LogP contribution in [0.5, 0.6) is 5.75 Å². The Morgan fingerprint density at radius 2 is 2.00 bits per heavy atom. The number of nitrogens with zero attached hydrogens (tertiary/aromatic N) is 1. The highest BCUT2D eigenvalue weighted by Gasteiger charge is 2.38. The number of ether oxygens (including phenoxy) is 1. The molecule has 0 saturated carbocycles. The van der Waals surface area contributed by atoms with Crippen molar-refractivity contribution in [1.82, 2.24) is 4.98 Å². The highest BCUT2D eigenvalue weighted by atomic mass is 19.4. The predicted octanol–water partition coefficient (Wildman–Crippen LogP) is 3.04. The molecule has 0 aliphatic carbocycles. The molecule has 1 aliphatic rings. The van der Waals surface area contributed by atoms with Gasteiger partial charge in [0.05, 0.1) is 17.3 Å². The van der Waals surface area contributed by atoms with E-state index in [1.807, 2.05) is 0 Å². The number of fused-ring (bicyclic) bond motifs is 2. The Bertz CT molecular complexity index is 655. The first-order chi connectivity index (χ1) is 9.48.